The molecule has 2 aliphatic carbocycles. The van der Waals surface area contributed by atoms with E-state index in [0.717, 1.165) is 47.4 Å². The molecule has 1 heterocycles. The quantitative estimate of drug-likeness (QED) is 0.347. The van der Waals surface area contributed by atoms with E-state index in [1.807, 2.05) is 6.07 Å². The van der Waals surface area contributed by atoms with Crippen LogP contribution in [-0.4, -0.2) is 49.3 Å². The second kappa shape index (κ2) is 7.81. The predicted molar refractivity (Wildman–Crippen MR) is 112 cm³/mol. The average molecular weight is 532 g/mol. The number of hydrogen-bond donors (Lipinski definition) is 2. The first kappa shape index (κ1) is 21.6. The van der Waals surface area contributed by atoms with Gasteiger partial charge in [-0.3, -0.25) is 9.59 Å². The van der Waals surface area contributed by atoms with Crippen LogP contribution >= 0.6 is 22.6 Å². The van der Waals surface area contributed by atoms with E-state index in [-0.39, 0.29) is 6.42 Å². The molecule has 4 rings (SSSR count). The van der Waals surface area contributed by atoms with E-state index in [1.54, 1.807) is 24.3 Å². The van der Waals surface area contributed by atoms with Crippen LogP contribution in [0.4, 0.5) is 13.6 Å². The van der Waals surface area contributed by atoms with E-state index in [2.05, 4.69) is 5.32 Å². The number of β-lactam (4-membered cyclic amide) rings is 1. The summed E-state index contributed by atoms with van der Waals surface area (Å²) in [5.74, 6) is -2.52. The van der Waals surface area contributed by atoms with Crippen molar-refractivity contribution in [3.8, 4) is 0 Å². The summed E-state index contributed by atoms with van der Waals surface area (Å²) in [6.07, 6.45) is 2.46. The Morgan fingerprint density at radius 1 is 1.23 bits per heavy atom. The normalized spacial score (nSPS) is 30.2. The number of likely N-dealkylation sites (tertiary alicyclic amines) is 1. The number of nitrogens with zero attached hydrogens (tertiary/aromatic N) is 1. The minimum atomic E-state index is -3.20. The number of carbonyl (C=O) groups is 3. The molecule has 30 heavy (non-hydrogen) atoms. The third-order valence-corrected chi connectivity index (χ3v) is 7.31. The first-order chi connectivity index (χ1) is 14.2. The summed E-state index contributed by atoms with van der Waals surface area (Å²) in [5, 5.41) is 12.5. The van der Waals surface area contributed by atoms with Crippen LogP contribution in [0.2, 0.25) is 0 Å². The molecule has 1 spiro atoms. The Hall–Kier alpha value is -1.62. The van der Waals surface area contributed by atoms with Gasteiger partial charge >= 0.3 is 9.96 Å². The van der Waals surface area contributed by atoms with Crippen molar-refractivity contribution in [2.75, 3.05) is 0 Å². The average Bonchev–Trinajstić information content (AvgIpc) is 3.27. The Balaban J connectivity index is 1.53. The number of imide groups is 1. The molecular formula is C21H23F2IN2O4. The molecule has 9 heteroatoms. The van der Waals surface area contributed by atoms with E-state index in [9.17, 15) is 28.3 Å². The van der Waals surface area contributed by atoms with Gasteiger partial charge in [-0.25, -0.2) is 9.69 Å². The minimum absolute atomic E-state index is 0.195. The van der Waals surface area contributed by atoms with Crippen LogP contribution in [0, 0.1) is 11.8 Å². The summed E-state index contributed by atoms with van der Waals surface area (Å²) < 4.78 is 25.4. The number of urea groups is 1. The van der Waals surface area contributed by atoms with Crippen molar-refractivity contribution in [2.45, 2.75) is 60.1 Å². The Morgan fingerprint density at radius 3 is 2.37 bits per heavy atom. The molecule has 3 amide bonds. The highest BCUT2D eigenvalue weighted by molar-refractivity contribution is 14.1. The zero-order valence-corrected chi connectivity index (χ0v) is 18.3. The standard InChI is InChI=1S/C21H23F2IN2O4/c22-21(23,24)15(13-9-5-2-6-10-13)25-19(30)26-18(29)14(20(26)16(27)17(20)28)11-12-7-3-1-4-8-12/h1,3-4,7-8,13-16,27H,2,5-6,9-11H2,(H,25,30)/t14-,15-,16?,20-/m0/s1. The number of benzene rings is 1. The summed E-state index contributed by atoms with van der Waals surface area (Å²) in [6.45, 7) is 0. The lowest BCUT2D eigenvalue weighted by Crippen LogP contribution is -2.71. The van der Waals surface area contributed by atoms with Gasteiger partial charge in [0.2, 0.25) is 5.91 Å². The Bertz CT molecular complexity index is 856. The van der Waals surface area contributed by atoms with Crippen LogP contribution in [0.3, 0.4) is 0 Å². The van der Waals surface area contributed by atoms with E-state index in [0.29, 0.717) is 17.7 Å². The molecule has 0 radical (unpaired) electrons. The van der Waals surface area contributed by atoms with Crippen molar-refractivity contribution < 1.29 is 28.3 Å². The van der Waals surface area contributed by atoms with Crippen LogP contribution in [-0.2, 0) is 16.0 Å². The number of aliphatic hydroxyl groups is 1. The number of carbonyl (C=O) groups excluding carboxylic acids is 3. The molecule has 0 aromatic heterocycles. The Labute approximate surface area is 186 Å². The molecule has 3 fully saturated rings. The maximum absolute atomic E-state index is 14.3. The molecule has 2 N–H and O–H groups in total. The summed E-state index contributed by atoms with van der Waals surface area (Å²) in [7, 11) is 0. The fraction of sp³-hybridized carbons (Fsp3) is 0.571. The molecule has 1 aromatic rings. The lowest BCUT2D eigenvalue weighted by molar-refractivity contribution is -0.157. The molecule has 3 aliphatic rings. The number of alkyl halides is 3. The van der Waals surface area contributed by atoms with Crippen LogP contribution in [0.1, 0.15) is 37.7 Å². The molecule has 6 nitrogen and oxygen atoms in total. The largest absolute Gasteiger partial charge is 0.382 e. The summed E-state index contributed by atoms with van der Waals surface area (Å²) in [5.41, 5.74) is -0.838. The fourth-order valence-electron chi connectivity index (χ4n) is 5.00. The predicted octanol–water partition coefficient (Wildman–Crippen LogP) is 3.06. The van der Waals surface area contributed by atoms with Crippen molar-refractivity contribution in [3.63, 3.8) is 0 Å². The smallest absolute Gasteiger partial charge is 0.325 e. The number of amides is 3. The van der Waals surface area contributed by atoms with Gasteiger partial charge in [-0.1, -0.05) is 49.6 Å². The number of aliphatic hydroxyl groups excluding tert-OH is 1. The van der Waals surface area contributed by atoms with Crippen LogP contribution in [0.5, 0.6) is 0 Å². The van der Waals surface area contributed by atoms with Gasteiger partial charge < -0.3 is 10.4 Å². The zero-order valence-electron chi connectivity index (χ0n) is 16.2. The lowest BCUT2D eigenvalue weighted by Gasteiger charge is -2.46. The van der Waals surface area contributed by atoms with Gasteiger partial charge in [-0.2, -0.15) is 8.78 Å². The van der Waals surface area contributed by atoms with Crippen molar-refractivity contribution in [1.82, 2.24) is 10.2 Å². The van der Waals surface area contributed by atoms with Crippen molar-refractivity contribution in [1.29, 1.82) is 0 Å². The van der Waals surface area contributed by atoms with Gasteiger partial charge in [0.25, 0.3) is 0 Å². The topological polar surface area (TPSA) is 86.7 Å². The molecule has 4 atom stereocenters. The molecule has 162 valence electrons. The summed E-state index contributed by atoms with van der Waals surface area (Å²) in [6, 6.07) is 6.51. The van der Waals surface area contributed by atoms with Crippen molar-refractivity contribution in [2.24, 2.45) is 11.8 Å². The van der Waals surface area contributed by atoms with Gasteiger partial charge in [-0.15, -0.1) is 0 Å². The van der Waals surface area contributed by atoms with Gasteiger partial charge in [0.1, 0.15) is 12.1 Å². The summed E-state index contributed by atoms with van der Waals surface area (Å²) in [4.78, 5) is 38.6. The second-order valence-electron chi connectivity index (χ2n) is 8.37. The molecule has 1 unspecified atom stereocenters. The first-order valence-electron chi connectivity index (χ1n) is 10.2. The number of rotatable bonds is 5. The molecule has 0 bridgehead atoms. The van der Waals surface area contributed by atoms with Crippen LogP contribution in [0.25, 0.3) is 0 Å². The molecule has 1 aliphatic heterocycles. The highest BCUT2D eigenvalue weighted by atomic mass is 127. The lowest BCUT2D eigenvalue weighted by atomic mass is 9.79. The van der Waals surface area contributed by atoms with Crippen LogP contribution < -0.4 is 5.32 Å². The molecule has 2 saturated carbocycles. The minimum Gasteiger partial charge on any atom is -0.382 e. The van der Waals surface area contributed by atoms with Gasteiger partial charge in [0.05, 0.1) is 5.92 Å². The summed E-state index contributed by atoms with van der Waals surface area (Å²) >= 11 is 1.02. The van der Waals surface area contributed by atoms with Crippen molar-refractivity contribution in [3.05, 3.63) is 35.9 Å². The number of hydrogen-bond acceptors (Lipinski definition) is 4. The number of nitrogens with one attached hydrogen (secondary N) is 1. The first-order valence-corrected chi connectivity index (χ1v) is 11.2. The third kappa shape index (κ3) is 3.43. The maximum atomic E-state index is 14.3. The van der Waals surface area contributed by atoms with Gasteiger partial charge in [0.15, 0.2) is 11.3 Å². The molecule has 1 aromatic carbocycles. The maximum Gasteiger partial charge on any atom is 0.325 e. The van der Waals surface area contributed by atoms with E-state index in [4.69, 9.17) is 0 Å². The van der Waals surface area contributed by atoms with Crippen LogP contribution in [0.15, 0.2) is 30.3 Å². The second-order valence-corrected chi connectivity index (χ2v) is 9.81. The highest BCUT2D eigenvalue weighted by Gasteiger charge is 2.83. The molecule has 1 saturated heterocycles. The Morgan fingerprint density at radius 2 is 1.83 bits per heavy atom. The van der Waals surface area contributed by atoms with Crippen molar-refractivity contribution >= 4 is 40.3 Å². The van der Waals surface area contributed by atoms with E-state index in [1.165, 1.54) is 0 Å². The van der Waals surface area contributed by atoms with E-state index >= 15 is 0 Å². The van der Waals surface area contributed by atoms with E-state index < -0.39 is 51.2 Å². The Kier molecular flexibility index (Phi) is 5.63. The molecular weight excluding hydrogens is 509 g/mol. The third-order valence-electron chi connectivity index (χ3n) is 6.63. The fourth-order valence-corrected chi connectivity index (χ4v) is 5.66. The zero-order chi connectivity index (χ0) is 21.7. The number of halogens is 3. The highest BCUT2D eigenvalue weighted by Crippen LogP contribution is 2.54. The van der Waals surface area contributed by atoms with Gasteiger partial charge in [-0.05, 0) is 30.7 Å². The SMILES string of the molecule is O=C(N[C@@H](C1CCCCC1)C(F)(F)I)N1C(=O)[C@H](Cc2ccccc2)[C@]12C(=O)C2O. The monoisotopic (exact) mass is 532 g/mol. The number of ketones is 1. The number of Topliss-reactive ketones (excluding diaryl/α,β-unsaturated/α-hetero) is 1. The van der Waals surface area contributed by atoms with Gasteiger partial charge in [0, 0.05) is 22.6 Å².